The summed E-state index contributed by atoms with van der Waals surface area (Å²) in [6.07, 6.45) is 4.76. The Kier molecular flexibility index (Phi) is 8.97. The van der Waals surface area contributed by atoms with E-state index < -0.39 is 5.97 Å². The Morgan fingerprint density at radius 2 is 2.00 bits per heavy atom. The van der Waals surface area contributed by atoms with Crippen LogP contribution in [-0.2, 0) is 14.3 Å². The quantitative estimate of drug-likeness (QED) is 0.391. The lowest BCUT2D eigenvalue weighted by atomic mass is 9.90. The largest absolute Gasteiger partial charge is 0.461 e. The van der Waals surface area contributed by atoms with E-state index in [0.717, 1.165) is 31.3 Å². The average Bonchev–Trinajstić information content (AvgIpc) is 2.36. The van der Waals surface area contributed by atoms with Gasteiger partial charge in [0, 0.05) is 0 Å². The Hall–Kier alpha value is -1.32. The maximum absolute atomic E-state index is 11.8. The summed E-state index contributed by atoms with van der Waals surface area (Å²) in [4.78, 5) is 22.4. The number of unbranched alkanes of at least 4 members (excludes halogenated alkanes) is 1. The first-order valence-electron chi connectivity index (χ1n) is 6.70. The molecule has 0 aromatic carbocycles. The highest BCUT2D eigenvalue weighted by atomic mass is 16.5. The van der Waals surface area contributed by atoms with Gasteiger partial charge in [-0.3, -0.25) is 4.79 Å². The zero-order valence-electron chi connectivity index (χ0n) is 11.9. The van der Waals surface area contributed by atoms with E-state index in [4.69, 9.17) is 4.74 Å². The minimum absolute atomic E-state index is 0.301. The molecule has 0 aliphatic heterocycles. The van der Waals surface area contributed by atoms with Crippen LogP contribution < -0.4 is 5.32 Å². The van der Waals surface area contributed by atoms with E-state index in [1.165, 1.54) is 0 Å². The third-order valence-corrected chi connectivity index (χ3v) is 3.09. The van der Waals surface area contributed by atoms with Crippen molar-refractivity contribution < 1.29 is 14.3 Å². The minimum Gasteiger partial charge on any atom is -0.461 e. The zero-order valence-corrected chi connectivity index (χ0v) is 11.9. The minimum atomic E-state index is -0.447. The van der Waals surface area contributed by atoms with E-state index in [2.05, 4.69) is 19.2 Å². The van der Waals surface area contributed by atoms with Crippen molar-refractivity contribution >= 4 is 12.4 Å². The topological polar surface area (TPSA) is 55.4 Å². The SMILES string of the molecule is CCCCC(CC)C(C)=C(NC=O)C(=O)OCC. The molecular weight excluding hydrogens is 230 g/mol. The van der Waals surface area contributed by atoms with Crippen LogP contribution in [0.4, 0.5) is 0 Å². The summed E-state index contributed by atoms with van der Waals surface area (Å²) in [5.41, 5.74) is 1.21. The third-order valence-electron chi connectivity index (χ3n) is 3.09. The van der Waals surface area contributed by atoms with Gasteiger partial charge in [-0.25, -0.2) is 4.79 Å². The second kappa shape index (κ2) is 9.68. The standard InChI is InChI=1S/C14H25NO3/c1-5-8-9-12(6-2)11(4)13(15-10-16)14(17)18-7-3/h10,12H,5-9H2,1-4H3,(H,15,16). The number of hydrogen-bond donors (Lipinski definition) is 1. The Bertz CT molecular complexity index is 297. The molecule has 1 unspecified atom stereocenters. The molecule has 0 aromatic heterocycles. The molecule has 4 nitrogen and oxygen atoms in total. The number of allylic oxidation sites excluding steroid dienone is 1. The Morgan fingerprint density at radius 3 is 2.44 bits per heavy atom. The first-order chi connectivity index (χ1) is 8.62. The molecule has 18 heavy (non-hydrogen) atoms. The van der Waals surface area contributed by atoms with E-state index in [1.807, 2.05) is 6.92 Å². The fraction of sp³-hybridized carbons (Fsp3) is 0.714. The first-order valence-corrected chi connectivity index (χ1v) is 6.70. The molecule has 0 radical (unpaired) electrons. The van der Waals surface area contributed by atoms with Gasteiger partial charge in [-0.2, -0.15) is 0 Å². The fourth-order valence-corrected chi connectivity index (χ4v) is 1.98. The van der Waals surface area contributed by atoms with Crippen LogP contribution in [0.25, 0.3) is 0 Å². The molecule has 4 heteroatoms. The molecule has 0 aliphatic carbocycles. The van der Waals surface area contributed by atoms with Crippen molar-refractivity contribution in [3.63, 3.8) is 0 Å². The monoisotopic (exact) mass is 255 g/mol. The van der Waals surface area contributed by atoms with Gasteiger partial charge in [-0.15, -0.1) is 0 Å². The van der Waals surface area contributed by atoms with Crippen LogP contribution in [0.5, 0.6) is 0 Å². The first kappa shape index (κ1) is 16.7. The highest BCUT2D eigenvalue weighted by Crippen LogP contribution is 2.23. The van der Waals surface area contributed by atoms with Crippen LogP contribution in [-0.4, -0.2) is 19.0 Å². The molecule has 0 bridgehead atoms. The second-order valence-electron chi connectivity index (χ2n) is 4.29. The molecular formula is C14H25NO3. The Labute approximate surface area is 110 Å². The van der Waals surface area contributed by atoms with Crippen LogP contribution in [0, 0.1) is 5.92 Å². The van der Waals surface area contributed by atoms with Gasteiger partial charge in [0.05, 0.1) is 6.61 Å². The molecule has 1 N–H and O–H groups in total. The molecule has 0 spiro atoms. The van der Waals surface area contributed by atoms with E-state index in [-0.39, 0.29) is 0 Å². The normalized spacial score (nSPS) is 13.6. The number of esters is 1. The lowest BCUT2D eigenvalue weighted by molar-refractivity contribution is -0.139. The van der Waals surface area contributed by atoms with Crippen molar-refractivity contribution in [2.45, 2.75) is 53.4 Å². The van der Waals surface area contributed by atoms with Crippen molar-refractivity contribution in [3.8, 4) is 0 Å². The number of nitrogens with one attached hydrogen (secondary N) is 1. The molecule has 104 valence electrons. The van der Waals surface area contributed by atoms with Gasteiger partial charge in [-0.05, 0) is 38.2 Å². The number of carbonyl (C=O) groups is 2. The van der Waals surface area contributed by atoms with Gasteiger partial charge in [0.25, 0.3) is 0 Å². The highest BCUT2D eigenvalue weighted by molar-refractivity contribution is 5.91. The molecule has 0 fully saturated rings. The van der Waals surface area contributed by atoms with E-state index in [9.17, 15) is 9.59 Å². The van der Waals surface area contributed by atoms with E-state index >= 15 is 0 Å². The summed E-state index contributed by atoms with van der Waals surface area (Å²) in [7, 11) is 0. The van der Waals surface area contributed by atoms with Crippen molar-refractivity contribution in [3.05, 3.63) is 11.3 Å². The number of ether oxygens (including phenoxy) is 1. The van der Waals surface area contributed by atoms with Gasteiger partial charge in [0.1, 0.15) is 5.70 Å². The Balaban J connectivity index is 5.01. The molecule has 0 saturated heterocycles. The number of amides is 1. The molecule has 1 atom stereocenters. The van der Waals surface area contributed by atoms with E-state index in [1.54, 1.807) is 6.92 Å². The molecule has 0 aliphatic rings. The average molecular weight is 255 g/mol. The van der Waals surface area contributed by atoms with Crippen LogP contribution in [0.2, 0.25) is 0 Å². The fourth-order valence-electron chi connectivity index (χ4n) is 1.98. The summed E-state index contributed by atoms with van der Waals surface area (Å²) in [5, 5.41) is 2.48. The van der Waals surface area contributed by atoms with Crippen molar-refractivity contribution in [1.82, 2.24) is 5.32 Å². The van der Waals surface area contributed by atoms with Crippen LogP contribution in [0.3, 0.4) is 0 Å². The predicted octanol–water partition coefficient (Wildman–Crippen LogP) is 2.79. The second-order valence-corrected chi connectivity index (χ2v) is 4.29. The molecule has 0 aromatic rings. The number of carbonyl (C=O) groups excluding carboxylic acids is 2. The van der Waals surface area contributed by atoms with Crippen LogP contribution >= 0.6 is 0 Å². The Morgan fingerprint density at radius 1 is 1.33 bits per heavy atom. The third kappa shape index (κ3) is 5.34. The van der Waals surface area contributed by atoms with Gasteiger partial charge >= 0.3 is 5.97 Å². The van der Waals surface area contributed by atoms with Crippen molar-refractivity contribution in [2.24, 2.45) is 5.92 Å². The molecule has 0 heterocycles. The van der Waals surface area contributed by atoms with E-state index in [0.29, 0.717) is 24.6 Å². The number of rotatable bonds is 9. The summed E-state index contributed by atoms with van der Waals surface area (Å²) in [6.45, 7) is 8.18. The van der Waals surface area contributed by atoms with Gasteiger partial charge in [0.2, 0.25) is 6.41 Å². The summed E-state index contributed by atoms with van der Waals surface area (Å²) >= 11 is 0. The van der Waals surface area contributed by atoms with Crippen LogP contribution in [0.1, 0.15) is 53.4 Å². The summed E-state index contributed by atoms with van der Waals surface area (Å²) in [6, 6.07) is 0. The summed E-state index contributed by atoms with van der Waals surface area (Å²) in [5.74, 6) is -0.131. The maximum atomic E-state index is 11.8. The zero-order chi connectivity index (χ0) is 14.0. The smallest absolute Gasteiger partial charge is 0.354 e. The maximum Gasteiger partial charge on any atom is 0.354 e. The van der Waals surface area contributed by atoms with Crippen molar-refractivity contribution in [2.75, 3.05) is 6.61 Å². The molecule has 0 rings (SSSR count). The highest BCUT2D eigenvalue weighted by Gasteiger charge is 2.19. The number of hydrogen-bond acceptors (Lipinski definition) is 3. The summed E-state index contributed by atoms with van der Waals surface area (Å²) < 4.78 is 4.96. The van der Waals surface area contributed by atoms with Crippen LogP contribution in [0.15, 0.2) is 11.3 Å². The lowest BCUT2D eigenvalue weighted by Crippen LogP contribution is -2.24. The van der Waals surface area contributed by atoms with Gasteiger partial charge in [0.15, 0.2) is 0 Å². The lowest BCUT2D eigenvalue weighted by Gasteiger charge is -2.18. The molecule has 0 saturated carbocycles. The molecule has 1 amide bonds. The van der Waals surface area contributed by atoms with Crippen molar-refractivity contribution in [1.29, 1.82) is 0 Å². The van der Waals surface area contributed by atoms with Gasteiger partial charge < -0.3 is 10.1 Å². The predicted molar refractivity (Wildman–Crippen MR) is 71.8 cm³/mol. The van der Waals surface area contributed by atoms with Gasteiger partial charge in [-0.1, -0.05) is 26.7 Å².